The molecular formula is C14H17N3O4S. The Morgan fingerprint density at radius 1 is 1.41 bits per heavy atom. The molecule has 0 saturated carbocycles. The van der Waals surface area contributed by atoms with E-state index in [-0.39, 0.29) is 18.2 Å². The number of hydrazine groups is 1. The van der Waals surface area contributed by atoms with Crippen molar-refractivity contribution in [2.24, 2.45) is 0 Å². The first-order valence-corrected chi connectivity index (χ1v) is 7.89. The summed E-state index contributed by atoms with van der Waals surface area (Å²) in [6.07, 6.45) is 2.88. The van der Waals surface area contributed by atoms with Gasteiger partial charge in [0.2, 0.25) is 11.8 Å². The van der Waals surface area contributed by atoms with Gasteiger partial charge >= 0.3 is 5.97 Å². The second-order valence-electron chi connectivity index (χ2n) is 5.41. The highest BCUT2D eigenvalue weighted by Crippen LogP contribution is 2.39. The van der Waals surface area contributed by atoms with E-state index in [1.165, 1.54) is 23.5 Å². The Morgan fingerprint density at radius 2 is 2.18 bits per heavy atom. The summed E-state index contributed by atoms with van der Waals surface area (Å²) >= 11 is 1.42. The molecule has 1 aliphatic carbocycles. The zero-order valence-electron chi connectivity index (χ0n) is 12.4. The average molecular weight is 323 g/mol. The van der Waals surface area contributed by atoms with Crippen LogP contribution in [0.1, 0.15) is 33.6 Å². The van der Waals surface area contributed by atoms with E-state index in [2.05, 4.69) is 10.7 Å². The first-order chi connectivity index (χ1) is 10.5. The Balaban J connectivity index is 1.85. The smallest absolute Gasteiger partial charge is 0.341 e. The van der Waals surface area contributed by atoms with Crippen LogP contribution < -0.4 is 10.7 Å². The molecule has 1 aromatic heterocycles. The highest BCUT2D eigenvalue weighted by molar-refractivity contribution is 7.17. The van der Waals surface area contributed by atoms with Gasteiger partial charge in [0, 0.05) is 11.9 Å². The van der Waals surface area contributed by atoms with Gasteiger partial charge in [0.25, 0.3) is 0 Å². The monoisotopic (exact) mass is 323 g/mol. The van der Waals surface area contributed by atoms with E-state index in [1.54, 1.807) is 7.05 Å². The van der Waals surface area contributed by atoms with Gasteiger partial charge in [-0.3, -0.25) is 15.0 Å². The fraction of sp³-hybridized carbons (Fsp3) is 0.500. The molecular weight excluding hydrogens is 306 g/mol. The van der Waals surface area contributed by atoms with Crippen molar-refractivity contribution in [1.29, 1.82) is 0 Å². The Morgan fingerprint density at radius 3 is 2.82 bits per heavy atom. The molecule has 0 spiro atoms. The third-order valence-electron chi connectivity index (χ3n) is 4.00. The van der Waals surface area contributed by atoms with Crippen LogP contribution in [-0.4, -0.2) is 43.0 Å². The molecule has 2 amide bonds. The van der Waals surface area contributed by atoms with Crippen molar-refractivity contribution in [3.8, 4) is 0 Å². The molecule has 8 heteroatoms. The summed E-state index contributed by atoms with van der Waals surface area (Å²) in [6, 6.07) is -0.574. The lowest BCUT2D eigenvalue weighted by atomic mass is 10.1. The van der Waals surface area contributed by atoms with Crippen molar-refractivity contribution in [3.63, 3.8) is 0 Å². The molecule has 2 aliphatic rings. The molecule has 3 rings (SSSR count). The quantitative estimate of drug-likeness (QED) is 0.800. The van der Waals surface area contributed by atoms with Gasteiger partial charge in [0.15, 0.2) is 0 Å². The number of aryl methyl sites for hydroxylation is 1. The van der Waals surface area contributed by atoms with E-state index >= 15 is 0 Å². The number of anilines is 1. The molecule has 1 saturated heterocycles. The van der Waals surface area contributed by atoms with Crippen molar-refractivity contribution < 1.29 is 19.1 Å². The van der Waals surface area contributed by atoms with Gasteiger partial charge < -0.3 is 10.1 Å². The van der Waals surface area contributed by atoms with Gasteiger partial charge in [-0.15, -0.1) is 11.3 Å². The maximum atomic E-state index is 12.4. The molecule has 1 atom stereocenters. The van der Waals surface area contributed by atoms with E-state index in [9.17, 15) is 14.4 Å². The topological polar surface area (TPSA) is 87.7 Å². The molecule has 118 valence electrons. The zero-order chi connectivity index (χ0) is 15.9. The first kappa shape index (κ1) is 15.0. The molecule has 1 aliphatic heterocycles. The highest BCUT2D eigenvalue weighted by atomic mass is 32.1. The Bertz CT molecular complexity index is 655. The number of esters is 1. The number of likely N-dealkylation sites (N-methyl/N-ethyl adjacent to an activating group) is 1. The van der Waals surface area contributed by atoms with Gasteiger partial charge in [0.1, 0.15) is 11.0 Å². The summed E-state index contributed by atoms with van der Waals surface area (Å²) < 4.78 is 4.85. The van der Waals surface area contributed by atoms with Gasteiger partial charge in [-0.05, 0) is 24.8 Å². The van der Waals surface area contributed by atoms with E-state index in [4.69, 9.17) is 4.74 Å². The van der Waals surface area contributed by atoms with Crippen molar-refractivity contribution >= 4 is 34.1 Å². The van der Waals surface area contributed by atoms with Crippen LogP contribution in [-0.2, 0) is 27.2 Å². The van der Waals surface area contributed by atoms with E-state index < -0.39 is 12.0 Å². The van der Waals surface area contributed by atoms with Crippen LogP contribution in [0.2, 0.25) is 0 Å². The minimum Gasteiger partial charge on any atom is -0.465 e. The Hall–Kier alpha value is -1.93. The third-order valence-corrected chi connectivity index (χ3v) is 5.20. The number of ether oxygens (including phenoxy) is 1. The normalized spacial score (nSPS) is 20.6. The van der Waals surface area contributed by atoms with E-state index in [0.717, 1.165) is 29.7 Å². The van der Waals surface area contributed by atoms with Crippen molar-refractivity contribution in [2.75, 3.05) is 19.5 Å². The predicted molar refractivity (Wildman–Crippen MR) is 80.6 cm³/mol. The second kappa shape index (κ2) is 5.69. The highest BCUT2D eigenvalue weighted by Gasteiger charge is 2.35. The maximum absolute atomic E-state index is 12.4. The summed E-state index contributed by atoms with van der Waals surface area (Å²) in [5.41, 5.74) is 4.02. The van der Waals surface area contributed by atoms with E-state index in [1.807, 2.05) is 0 Å². The summed E-state index contributed by atoms with van der Waals surface area (Å²) in [5, 5.41) is 4.80. The lowest BCUT2D eigenvalue weighted by Gasteiger charge is -2.17. The van der Waals surface area contributed by atoms with Crippen LogP contribution >= 0.6 is 11.3 Å². The number of carbonyl (C=O) groups is 3. The lowest BCUT2D eigenvalue weighted by molar-refractivity contribution is -0.121. The fourth-order valence-electron chi connectivity index (χ4n) is 2.91. The molecule has 1 fully saturated rings. The second-order valence-corrected chi connectivity index (χ2v) is 6.51. The standard InChI is InChI=1S/C14H17N3O4S/c1-17-8(6-10(18)16-17)12(19)15-13-11(14(20)21-2)7-4-3-5-9(7)22-13/h8H,3-6H2,1-2H3,(H,15,19)(H,16,18)/t8-/m1/s1. The van der Waals surface area contributed by atoms with Crippen LogP contribution in [0.4, 0.5) is 5.00 Å². The number of hydrogen-bond donors (Lipinski definition) is 2. The fourth-order valence-corrected chi connectivity index (χ4v) is 4.19. The van der Waals surface area contributed by atoms with Gasteiger partial charge in [-0.1, -0.05) is 0 Å². The molecule has 2 heterocycles. The SMILES string of the molecule is COC(=O)c1c(NC(=O)[C@H]2CC(=O)NN2C)sc2c1CCC2. The molecule has 2 N–H and O–H groups in total. The van der Waals surface area contributed by atoms with Gasteiger partial charge in [-0.25, -0.2) is 9.80 Å². The molecule has 7 nitrogen and oxygen atoms in total. The summed E-state index contributed by atoms with van der Waals surface area (Å²) in [6.45, 7) is 0. The number of methoxy groups -OCH3 is 1. The van der Waals surface area contributed by atoms with Crippen molar-refractivity contribution in [1.82, 2.24) is 10.4 Å². The third kappa shape index (κ3) is 2.48. The van der Waals surface area contributed by atoms with Crippen molar-refractivity contribution in [3.05, 3.63) is 16.0 Å². The van der Waals surface area contributed by atoms with E-state index in [0.29, 0.717) is 10.6 Å². The average Bonchev–Trinajstić information content (AvgIpc) is 3.12. The molecule has 0 bridgehead atoms. The molecule has 0 unspecified atom stereocenters. The number of carbonyl (C=O) groups excluding carboxylic acids is 3. The van der Waals surface area contributed by atoms with Crippen LogP contribution in [0.5, 0.6) is 0 Å². The summed E-state index contributed by atoms with van der Waals surface area (Å²) in [5.74, 6) is -0.917. The van der Waals surface area contributed by atoms with Crippen LogP contribution in [0.3, 0.4) is 0 Å². The molecule has 0 radical (unpaired) electrons. The lowest BCUT2D eigenvalue weighted by Crippen LogP contribution is -2.41. The summed E-state index contributed by atoms with van der Waals surface area (Å²) in [4.78, 5) is 36.9. The number of nitrogens with zero attached hydrogens (tertiary/aromatic N) is 1. The largest absolute Gasteiger partial charge is 0.465 e. The number of hydrogen-bond acceptors (Lipinski definition) is 6. The van der Waals surface area contributed by atoms with Crippen molar-refractivity contribution in [2.45, 2.75) is 31.7 Å². The number of amides is 2. The minimum absolute atomic E-state index is 0.112. The molecule has 0 aromatic carbocycles. The predicted octanol–water partition coefficient (Wildman–Crippen LogP) is 0.697. The van der Waals surface area contributed by atoms with Crippen LogP contribution in [0.25, 0.3) is 0 Å². The summed E-state index contributed by atoms with van der Waals surface area (Å²) in [7, 11) is 2.98. The first-order valence-electron chi connectivity index (χ1n) is 7.07. The Labute approximate surface area is 131 Å². The maximum Gasteiger partial charge on any atom is 0.341 e. The number of thiophene rings is 1. The molecule has 1 aromatic rings. The minimum atomic E-state index is -0.574. The molecule has 22 heavy (non-hydrogen) atoms. The number of fused-ring (bicyclic) bond motifs is 1. The van der Waals surface area contributed by atoms with Gasteiger partial charge in [0.05, 0.1) is 19.1 Å². The number of nitrogens with one attached hydrogen (secondary N) is 2. The van der Waals surface area contributed by atoms with Crippen LogP contribution in [0, 0.1) is 0 Å². The van der Waals surface area contributed by atoms with Crippen LogP contribution in [0.15, 0.2) is 0 Å². The Kier molecular flexibility index (Phi) is 3.88. The number of rotatable bonds is 3. The zero-order valence-corrected chi connectivity index (χ0v) is 13.2. The van der Waals surface area contributed by atoms with Gasteiger partial charge in [-0.2, -0.15) is 0 Å².